The Labute approximate surface area is 197 Å². The third kappa shape index (κ3) is 5.84. The van der Waals surface area contributed by atoms with Crippen molar-refractivity contribution in [3.8, 4) is 5.75 Å². The van der Waals surface area contributed by atoms with Crippen molar-refractivity contribution in [3.63, 3.8) is 0 Å². The summed E-state index contributed by atoms with van der Waals surface area (Å²) in [5, 5.41) is 8.43. The summed E-state index contributed by atoms with van der Waals surface area (Å²) in [6, 6.07) is 7.99. The summed E-state index contributed by atoms with van der Waals surface area (Å²) in [5.41, 5.74) is -0.311. The molecular weight excluding hydrogens is 471 g/mol. The van der Waals surface area contributed by atoms with Gasteiger partial charge in [-0.15, -0.1) is 0 Å². The fourth-order valence-corrected chi connectivity index (χ4v) is 6.39. The minimum atomic E-state index is -4.63. The lowest BCUT2D eigenvalue weighted by molar-refractivity contribution is -0.137. The van der Waals surface area contributed by atoms with Crippen LogP contribution < -0.4 is 9.04 Å². The molecule has 2 aromatic rings. The van der Waals surface area contributed by atoms with Gasteiger partial charge in [-0.25, -0.2) is 13.2 Å². The van der Waals surface area contributed by atoms with Crippen molar-refractivity contribution in [2.45, 2.75) is 70.0 Å². The van der Waals surface area contributed by atoms with Gasteiger partial charge in [0.05, 0.1) is 22.1 Å². The van der Waals surface area contributed by atoms with Gasteiger partial charge in [-0.1, -0.05) is 31.4 Å². The summed E-state index contributed by atoms with van der Waals surface area (Å²) in [5.74, 6) is -1.31. The number of carboxylic acid groups (broad SMARTS) is 1. The minimum absolute atomic E-state index is 0.0516. The maximum Gasteiger partial charge on any atom is 0.416 e. The Balaban J connectivity index is 2.00. The molecule has 0 unspecified atom stereocenters. The molecule has 1 N–H and O–H groups in total. The molecule has 0 atom stereocenters. The molecule has 0 aromatic heterocycles. The van der Waals surface area contributed by atoms with Gasteiger partial charge in [0, 0.05) is 6.04 Å². The Kier molecular flexibility index (Phi) is 7.80. The van der Waals surface area contributed by atoms with Crippen molar-refractivity contribution in [3.05, 3.63) is 59.2 Å². The molecule has 0 saturated heterocycles. The van der Waals surface area contributed by atoms with Crippen LogP contribution in [0.4, 0.5) is 18.9 Å². The van der Waals surface area contributed by atoms with E-state index in [1.54, 1.807) is 13.8 Å². The van der Waals surface area contributed by atoms with Crippen molar-refractivity contribution in [1.29, 1.82) is 0 Å². The first-order valence-corrected chi connectivity index (χ1v) is 12.6. The lowest BCUT2D eigenvalue weighted by atomic mass is 10.0. The van der Waals surface area contributed by atoms with Crippen LogP contribution in [-0.4, -0.2) is 30.8 Å². The summed E-state index contributed by atoms with van der Waals surface area (Å²) in [6.45, 7) is 3.18. The summed E-state index contributed by atoms with van der Waals surface area (Å²) >= 11 is 0. The zero-order valence-electron chi connectivity index (χ0n) is 19.0. The molecular formula is C24H28F3NO5S. The predicted octanol–water partition coefficient (Wildman–Crippen LogP) is 5.86. The number of hydrogen-bond acceptors (Lipinski definition) is 4. The lowest BCUT2D eigenvalue weighted by Crippen LogP contribution is -2.44. The van der Waals surface area contributed by atoms with E-state index in [0.717, 1.165) is 37.5 Å². The monoisotopic (exact) mass is 499 g/mol. The van der Waals surface area contributed by atoms with Gasteiger partial charge in [0.2, 0.25) is 10.0 Å². The van der Waals surface area contributed by atoms with Crippen LogP contribution in [0.2, 0.25) is 0 Å². The second-order valence-electron chi connectivity index (χ2n) is 8.67. The first kappa shape index (κ1) is 25.9. The van der Waals surface area contributed by atoms with E-state index in [9.17, 15) is 26.4 Å². The van der Waals surface area contributed by atoms with Crippen molar-refractivity contribution in [2.75, 3.05) is 4.31 Å². The molecule has 1 saturated carbocycles. The van der Waals surface area contributed by atoms with E-state index in [1.807, 2.05) is 0 Å². The number of carbonyl (C=O) groups is 1. The van der Waals surface area contributed by atoms with Gasteiger partial charge in [0.25, 0.3) is 0 Å². The molecule has 6 nitrogen and oxygen atoms in total. The van der Waals surface area contributed by atoms with Gasteiger partial charge in [-0.3, -0.25) is 4.31 Å². The van der Waals surface area contributed by atoms with E-state index >= 15 is 0 Å². The normalized spacial score (nSPS) is 15.4. The maximum atomic E-state index is 13.5. The van der Waals surface area contributed by atoms with Crippen LogP contribution >= 0.6 is 0 Å². The Bertz CT molecular complexity index is 1110. The standard InChI is InChI=1S/C24H28F3NO5S/c1-16(2)28(34(31,32)20-6-4-3-5-7-20)21-13-12-19(24(25,26)27)14-22(21)33-15-17-8-10-18(11-9-17)23(29)30/h8-14,16,20H,3-7,15H2,1-2H3,(H,29,30). The summed E-state index contributed by atoms with van der Waals surface area (Å²) in [6.07, 6.45) is -1.07. The number of ether oxygens (including phenoxy) is 1. The average Bonchev–Trinajstić information content (AvgIpc) is 2.78. The van der Waals surface area contributed by atoms with Gasteiger partial charge in [-0.05, 0) is 62.6 Å². The number of benzene rings is 2. The fourth-order valence-electron chi connectivity index (χ4n) is 4.13. The Hall–Kier alpha value is -2.75. The number of alkyl halides is 3. The molecule has 10 heteroatoms. The molecule has 3 rings (SSSR count). The number of sulfonamides is 1. The third-order valence-electron chi connectivity index (χ3n) is 5.84. The second-order valence-corrected chi connectivity index (χ2v) is 10.8. The first-order chi connectivity index (χ1) is 15.9. The highest BCUT2D eigenvalue weighted by Gasteiger charge is 2.38. The molecule has 0 radical (unpaired) electrons. The van der Waals surface area contributed by atoms with Crippen LogP contribution in [-0.2, 0) is 22.8 Å². The zero-order chi connectivity index (χ0) is 25.1. The molecule has 2 aromatic carbocycles. The van der Waals surface area contributed by atoms with Crippen LogP contribution in [0.1, 0.15) is 67.4 Å². The topological polar surface area (TPSA) is 83.9 Å². The van der Waals surface area contributed by atoms with E-state index in [-0.39, 0.29) is 23.6 Å². The number of rotatable bonds is 8. The van der Waals surface area contributed by atoms with Crippen molar-refractivity contribution in [2.24, 2.45) is 0 Å². The number of aromatic carboxylic acids is 1. The molecule has 1 aliphatic rings. The van der Waals surface area contributed by atoms with E-state index in [2.05, 4.69) is 0 Å². The van der Waals surface area contributed by atoms with Crippen LogP contribution in [0, 0.1) is 0 Å². The highest BCUT2D eigenvalue weighted by Crippen LogP contribution is 2.40. The Morgan fingerprint density at radius 3 is 2.24 bits per heavy atom. The molecule has 34 heavy (non-hydrogen) atoms. The zero-order valence-corrected chi connectivity index (χ0v) is 19.8. The SMILES string of the molecule is CC(C)N(c1ccc(C(F)(F)F)cc1OCc1ccc(C(=O)O)cc1)S(=O)(=O)C1CCCCC1. The highest BCUT2D eigenvalue weighted by atomic mass is 32.2. The first-order valence-electron chi connectivity index (χ1n) is 11.1. The fraction of sp³-hybridized carbons (Fsp3) is 0.458. The van der Waals surface area contributed by atoms with E-state index < -0.39 is 39.0 Å². The van der Waals surface area contributed by atoms with E-state index in [4.69, 9.17) is 9.84 Å². The predicted molar refractivity (Wildman–Crippen MR) is 123 cm³/mol. The number of hydrogen-bond donors (Lipinski definition) is 1. The van der Waals surface area contributed by atoms with Gasteiger partial charge in [-0.2, -0.15) is 13.2 Å². The van der Waals surface area contributed by atoms with Crippen LogP contribution in [0.3, 0.4) is 0 Å². The van der Waals surface area contributed by atoms with Crippen LogP contribution in [0.25, 0.3) is 0 Å². The van der Waals surface area contributed by atoms with E-state index in [0.29, 0.717) is 18.4 Å². The smallest absolute Gasteiger partial charge is 0.416 e. The molecule has 0 aliphatic heterocycles. The molecule has 0 bridgehead atoms. The molecule has 0 spiro atoms. The van der Waals surface area contributed by atoms with Crippen molar-refractivity contribution in [1.82, 2.24) is 0 Å². The minimum Gasteiger partial charge on any atom is -0.487 e. The van der Waals surface area contributed by atoms with Crippen molar-refractivity contribution >= 4 is 21.7 Å². The third-order valence-corrected chi connectivity index (χ3v) is 8.32. The summed E-state index contributed by atoms with van der Waals surface area (Å²) < 4.78 is 74.2. The maximum absolute atomic E-state index is 13.5. The van der Waals surface area contributed by atoms with Crippen LogP contribution in [0.15, 0.2) is 42.5 Å². The van der Waals surface area contributed by atoms with Gasteiger partial charge in [0.1, 0.15) is 12.4 Å². The number of halogens is 3. The van der Waals surface area contributed by atoms with E-state index in [1.165, 1.54) is 28.6 Å². The van der Waals surface area contributed by atoms with Crippen molar-refractivity contribution < 1.29 is 36.2 Å². The average molecular weight is 500 g/mol. The number of carboxylic acids is 1. The molecule has 1 aliphatic carbocycles. The second kappa shape index (κ2) is 10.2. The molecule has 1 fully saturated rings. The Morgan fingerprint density at radius 2 is 1.71 bits per heavy atom. The number of nitrogens with zero attached hydrogens (tertiary/aromatic N) is 1. The van der Waals surface area contributed by atoms with Gasteiger partial charge < -0.3 is 9.84 Å². The molecule has 0 heterocycles. The Morgan fingerprint density at radius 1 is 1.09 bits per heavy atom. The quantitative estimate of drug-likeness (QED) is 0.492. The van der Waals surface area contributed by atoms with Gasteiger partial charge in [0.15, 0.2) is 0 Å². The largest absolute Gasteiger partial charge is 0.487 e. The summed E-state index contributed by atoms with van der Waals surface area (Å²) in [4.78, 5) is 11.0. The highest BCUT2D eigenvalue weighted by molar-refractivity contribution is 7.93. The molecule has 186 valence electrons. The van der Waals surface area contributed by atoms with Crippen LogP contribution in [0.5, 0.6) is 5.75 Å². The molecule has 0 amide bonds. The lowest BCUT2D eigenvalue weighted by Gasteiger charge is -2.34. The number of anilines is 1. The van der Waals surface area contributed by atoms with Gasteiger partial charge >= 0.3 is 12.1 Å². The summed E-state index contributed by atoms with van der Waals surface area (Å²) in [7, 11) is -3.84.